The third kappa shape index (κ3) is 3.16. The highest BCUT2D eigenvalue weighted by Gasteiger charge is 2.02. The van der Waals surface area contributed by atoms with Gasteiger partial charge < -0.3 is 11.1 Å². The molecule has 0 spiro atoms. The summed E-state index contributed by atoms with van der Waals surface area (Å²) in [4.78, 5) is 19.3. The van der Waals surface area contributed by atoms with Gasteiger partial charge in [0.25, 0.3) is 0 Å². The average Bonchev–Trinajstić information content (AvgIpc) is 2.33. The topological polar surface area (TPSA) is 92.9 Å². The molecule has 1 aromatic carbocycles. The second-order valence-corrected chi connectivity index (χ2v) is 3.29. The van der Waals surface area contributed by atoms with Crippen molar-refractivity contribution in [2.75, 3.05) is 16.4 Å². The maximum Gasteiger partial charge on any atom is 0.324 e. The maximum atomic E-state index is 11.5. The maximum absolute atomic E-state index is 11.5. The van der Waals surface area contributed by atoms with Crippen LogP contribution in [0.2, 0.25) is 0 Å². The Morgan fingerprint density at radius 1 is 1.12 bits per heavy atom. The van der Waals surface area contributed by atoms with Crippen LogP contribution in [-0.2, 0) is 0 Å². The van der Waals surface area contributed by atoms with Gasteiger partial charge in [-0.25, -0.2) is 9.78 Å². The van der Waals surface area contributed by atoms with Gasteiger partial charge in [-0.3, -0.25) is 10.3 Å². The van der Waals surface area contributed by atoms with E-state index in [4.69, 9.17) is 5.73 Å². The summed E-state index contributed by atoms with van der Waals surface area (Å²) < 4.78 is 0. The van der Waals surface area contributed by atoms with Gasteiger partial charge in [0.05, 0.1) is 6.20 Å². The molecule has 4 N–H and O–H groups in total. The van der Waals surface area contributed by atoms with Gasteiger partial charge in [0.2, 0.25) is 0 Å². The highest BCUT2D eigenvalue weighted by Crippen LogP contribution is 2.10. The number of amides is 2. The third-order valence-electron chi connectivity index (χ3n) is 1.97. The van der Waals surface area contributed by atoms with Crippen LogP contribution in [0, 0.1) is 0 Å². The van der Waals surface area contributed by atoms with Crippen LogP contribution in [0.25, 0.3) is 0 Å². The Bertz CT molecular complexity index is 497. The molecule has 17 heavy (non-hydrogen) atoms. The summed E-state index contributed by atoms with van der Waals surface area (Å²) in [5, 5.41) is 5.19. The van der Waals surface area contributed by atoms with E-state index >= 15 is 0 Å². The number of benzene rings is 1. The van der Waals surface area contributed by atoms with Gasteiger partial charge in [-0.05, 0) is 24.3 Å². The molecule has 0 unspecified atom stereocenters. The number of hydrogen-bond acceptors (Lipinski definition) is 4. The predicted molar refractivity (Wildman–Crippen MR) is 65.5 cm³/mol. The molecule has 0 aliphatic rings. The average molecular weight is 229 g/mol. The summed E-state index contributed by atoms with van der Waals surface area (Å²) in [5.74, 6) is 0.389. The minimum atomic E-state index is -0.379. The highest BCUT2D eigenvalue weighted by atomic mass is 16.2. The normalized spacial score (nSPS) is 9.65. The van der Waals surface area contributed by atoms with Crippen molar-refractivity contribution in [3.8, 4) is 0 Å². The molecule has 6 nitrogen and oxygen atoms in total. The monoisotopic (exact) mass is 229 g/mol. The molecule has 0 atom stereocenters. The molecule has 0 radical (unpaired) electrons. The third-order valence-corrected chi connectivity index (χ3v) is 1.97. The first-order chi connectivity index (χ1) is 8.24. The summed E-state index contributed by atoms with van der Waals surface area (Å²) in [5.41, 5.74) is 6.83. The number of aromatic nitrogens is 2. The molecular weight excluding hydrogens is 218 g/mol. The van der Waals surface area contributed by atoms with Crippen LogP contribution in [0.5, 0.6) is 0 Å². The molecule has 0 fully saturated rings. The Morgan fingerprint density at radius 3 is 2.53 bits per heavy atom. The number of urea groups is 1. The second-order valence-electron chi connectivity index (χ2n) is 3.29. The van der Waals surface area contributed by atoms with Crippen molar-refractivity contribution in [2.24, 2.45) is 0 Å². The molecule has 0 saturated heterocycles. The van der Waals surface area contributed by atoms with E-state index in [-0.39, 0.29) is 6.03 Å². The number of nitrogens with zero attached hydrogens (tertiary/aromatic N) is 2. The van der Waals surface area contributed by atoms with Crippen LogP contribution < -0.4 is 16.4 Å². The van der Waals surface area contributed by atoms with E-state index in [1.807, 2.05) is 0 Å². The van der Waals surface area contributed by atoms with Crippen molar-refractivity contribution in [1.82, 2.24) is 9.97 Å². The molecule has 2 aromatic rings. The van der Waals surface area contributed by atoms with Crippen LogP contribution in [-0.4, -0.2) is 16.0 Å². The molecule has 0 aliphatic heterocycles. The number of carbonyl (C=O) groups excluding carboxylic acids is 1. The molecule has 86 valence electrons. The summed E-state index contributed by atoms with van der Waals surface area (Å²) in [7, 11) is 0. The zero-order valence-corrected chi connectivity index (χ0v) is 8.92. The van der Waals surface area contributed by atoms with Gasteiger partial charge in [-0.1, -0.05) is 0 Å². The first kappa shape index (κ1) is 10.9. The molecule has 0 bridgehead atoms. The van der Waals surface area contributed by atoms with Gasteiger partial charge in [0, 0.05) is 23.8 Å². The predicted octanol–water partition coefficient (Wildman–Crippen LogP) is 1.70. The van der Waals surface area contributed by atoms with Gasteiger partial charge >= 0.3 is 6.03 Å². The molecule has 6 heteroatoms. The first-order valence-electron chi connectivity index (χ1n) is 4.93. The van der Waals surface area contributed by atoms with Crippen molar-refractivity contribution >= 4 is 23.2 Å². The molecular formula is C11H11N5O. The summed E-state index contributed by atoms with van der Waals surface area (Å²) in [6, 6.07) is 6.46. The van der Waals surface area contributed by atoms with E-state index in [0.29, 0.717) is 17.2 Å². The zero-order valence-electron chi connectivity index (χ0n) is 8.92. The van der Waals surface area contributed by atoms with Crippen LogP contribution in [0.15, 0.2) is 42.9 Å². The second kappa shape index (κ2) is 4.93. The standard InChI is InChI=1S/C11H11N5O/c12-8-1-3-9(4-2-8)15-11(17)16-10-7-13-5-6-14-10/h1-7H,12H2,(H2,14,15,16,17). The van der Waals surface area contributed by atoms with Crippen LogP contribution >= 0.6 is 0 Å². The quantitative estimate of drug-likeness (QED) is 0.683. The van der Waals surface area contributed by atoms with Crippen molar-refractivity contribution < 1.29 is 4.79 Å². The van der Waals surface area contributed by atoms with E-state index < -0.39 is 0 Å². The van der Waals surface area contributed by atoms with E-state index in [0.717, 1.165) is 0 Å². The largest absolute Gasteiger partial charge is 0.399 e. The van der Waals surface area contributed by atoms with Crippen molar-refractivity contribution in [2.45, 2.75) is 0 Å². The number of carbonyl (C=O) groups is 1. The lowest BCUT2D eigenvalue weighted by Gasteiger charge is -2.06. The molecule has 0 saturated carbocycles. The fourth-order valence-electron chi connectivity index (χ4n) is 1.21. The minimum absolute atomic E-state index is 0.379. The molecule has 2 amide bonds. The smallest absolute Gasteiger partial charge is 0.324 e. The van der Waals surface area contributed by atoms with Crippen molar-refractivity contribution in [3.63, 3.8) is 0 Å². The van der Waals surface area contributed by atoms with Crippen LogP contribution in [0.4, 0.5) is 22.0 Å². The number of nitrogens with two attached hydrogens (primary N) is 1. The number of hydrogen-bond donors (Lipinski definition) is 3. The van der Waals surface area contributed by atoms with E-state index in [1.165, 1.54) is 18.6 Å². The number of nitrogens with one attached hydrogen (secondary N) is 2. The lowest BCUT2D eigenvalue weighted by Crippen LogP contribution is -2.20. The zero-order chi connectivity index (χ0) is 12.1. The van der Waals surface area contributed by atoms with Gasteiger partial charge in [-0.2, -0.15) is 0 Å². The Kier molecular flexibility index (Phi) is 3.15. The first-order valence-corrected chi connectivity index (χ1v) is 4.93. The molecule has 1 heterocycles. The summed E-state index contributed by atoms with van der Waals surface area (Å²) in [6.45, 7) is 0. The number of nitrogen functional groups attached to an aromatic ring is 1. The van der Waals surface area contributed by atoms with Gasteiger partial charge in [0.1, 0.15) is 0 Å². The highest BCUT2D eigenvalue weighted by molar-refractivity contribution is 5.99. The van der Waals surface area contributed by atoms with Gasteiger partial charge in [0.15, 0.2) is 5.82 Å². The SMILES string of the molecule is Nc1ccc(NC(=O)Nc2cnccn2)cc1. The number of rotatable bonds is 2. The van der Waals surface area contributed by atoms with Crippen LogP contribution in [0.3, 0.4) is 0 Å². The summed E-state index contributed by atoms with van der Waals surface area (Å²) >= 11 is 0. The molecule has 0 aliphatic carbocycles. The van der Waals surface area contributed by atoms with Gasteiger partial charge in [-0.15, -0.1) is 0 Å². The lowest BCUT2D eigenvalue weighted by molar-refractivity contribution is 0.262. The fourth-order valence-corrected chi connectivity index (χ4v) is 1.21. The number of anilines is 3. The summed E-state index contributed by atoms with van der Waals surface area (Å²) in [6.07, 6.45) is 4.49. The molecule has 2 rings (SSSR count). The van der Waals surface area contributed by atoms with E-state index in [9.17, 15) is 4.79 Å². The Hall–Kier alpha value is -2.63. The van der Waals surface area contributed by atoms with Crippen molar-refractivity contribution in [3.05, 3.63) is 42.9 Å². The minimum Gasteiger partial charge on any atom is -0.399 e. The Labute approximate surface area is 97.9 Å². The molecule has 1 aromatic heterocycles. The Balaban J connectivity index is 1.96. The van der Waals surface area contributed by atoms with Crippen molar-refractivity contribution in [1.29, 1.82) is 0 Å². The van der Waals surface area contributed by atoms with Crippen LogP contribution in [0.1, 0.15) is 0 Å². The van der Waals surface area contributed by atoms with E-state index in [1.54, 1.807) is 24.3 Å². The fraction of sp³-hybridized carbons (Fsp3) is 0. The Morgan fingerprint density at radius 2 is 1.88 bits per heavy atom. The van der Waals surface area contributed by atoms with E-state index in [2.05, 4.69) is 20.6 Å². The lowest BCUT2D eigenvalue weighted by atomic mass is 10.3.